The normalized spacial score (nSPS) is 11.8. The molecule has 0 saturated carbocycles. The zero-order chi connectivity index (χ0) is 14.6. The van der Waals surface area contributed by atoms with Gasteiger partial charge in [0.05, 0.1) is 0 Å². The summed E-state index contributed by atoms with van der Waals surface area (Å²) in [6.07, 6.45) is 2.03. The van der Waals surface area contributed by atoms with Gasteiger partial charge in [0.15, 0.2) is 5.96 Å². The molecule has 4 nitrogen and oxygen atoms in total. The number of nitrogens with zero attached hydrogens (tertiary/aromatic N) is 2. The van der Waals surface area contributed by atoms with Gasteiger partial charge in [-0.05, 0) is 38.0 Å². The van der Waals surface area contributed by atoms with Crippen LogP contribution in [0.3, 0.4) is 0 Å². The van der Waals surface area contributed by atoms with Gasteiger partial charge in [-0.25, -0.2) is 0 Å². The summed E-state index contributed by atoms with van der Waals surface area (Å²) < 4.78 is 0. The van der Waals surface area contributed by atoms with Crippen molar-refractivity contribution in [3.63, 3.8) is 0 Å². The van der Waals surface area contributed by atoms with Crippen LogP contribution in [0.25, 0.3) is 0 Å². The van der Waals surface area contributed by atoms with Crippen LogP contribution in [0.4, 0.5) is 0 Å². The van der Waals surface area contributed by atoms with E-state index in [2.05, 4.69) is 53.3 Å². The first-order valence-electron chi connectivity index (χ1n) is 7.56. The van der Waals surface area contributed by atoms with E-state index >= 15 is 0 Å². The lowest BCUT2D eigenvalue weighted by Crippen LogP contribution is -2.33. The molecule has 0 aliphatic carbocycles. The summed E-state index contributed by atoms with van der Waals surface area (Å²) in [4.78, 5) is 6.75. The maximum absolute atomic E-state index is 5.85. The summed E-state index contributed by atoms with van der Waals surface area (Å²) in [6.45, 7) is 9.29. The highest BCUT2D eigenvalue weighted by molar-refractivity contribution is 5.77. The molecule has 0 bridgehead atoms. The van der Waals surface area contributed by atoms with Crippen molar-refractivity contribution in [2.24, 2.45) is 10.7 Å². The van der Waals surface area contributed by atoms with Crippen LogP contribution >= 0.6 is 0 Å². The van der Waals surface area contributed by atoms with E-state index in [0.717, 1.165) is 45.6 Å². The van der Waals surface area contributed by atoms with Crippen molar-refractivity contribution >= 4 is 5.96 Å². The molecule has 0 amide bonds. The number of guanidine groups is 1. The third-order valence-corrected chi connectivity index (χ3v) is 3.37. The Morgan fingerprint density at radius 2 is 1.90 bits per heavy atom. The van der Waals surface area contributed by atoms with E-state index in [0.29, 0.717) is 5.96 Å². The van der Waals surface area contributed by atoms with Gasteiger partial charge in [-0.3, -0.25) is 4.99 Å². The molecule has 0 heterocycles. The molecular weight excluding hydrogens is 248 g/mol. The first-order valence-corrected chi connectivity index (χ1v) is 7.56. The summed E-state index contributed by atoms with van der Waals surface area (Å²) in [5.74, 6) is 0.556. The van der Waals surface area contributed by atoms with E-state index in [1.54, 1.807) is 0 Å². The second-order valence-electron chi connectivity index (χ2n) is 4.81. The number of hydrogen-bond donors (Lipinski definition) is 2. The highest BCUT2D eigenvalue weighted by Gasteiger charge is 1.98. The largest absolute Gasteiger partial charge is 0.370 e. The summed E-state index contributed by atoms with van der Waals surface area (Å²) in [6, 6.07) is 10.4. The monoisotopic (exact) mass is 276 g/mol. The van der Waals surface area contributed by atoms with Gasteiger partial charge in [-0.15, -0.1) is 0 Å². The lowest BCUT2D eigenvalue weighted by Gasteiger charge is -2.16. The van der Waals surface area contributed by atoms with Gasteiger partial charge < -0.3 is 16.0 Å². The number of benzene rings is 1. The van der Waals surface area contributed by atoms with Gasteiger partial charge in [-0.1, -0.05) is 44.2 Å². The number of hydrogen-bond acceptors (Lipinski definition) is 2. The van der Waals surface area contributed by atoms with Crippen molar-refractivity contribution in [1.29, 1.82) is 0 Å². The molecule has 20 heavy (non-hydrogen) atoms. The molecule has 3 N–H and O–H groups in total. The molecule has 0 saturated heterocycles. The molecule has 1 rings (SSSR count). The minimum absolute atomic E-state index is 0.556. The van der Waals surface area contributed by atoms with Gasteiger partial charge >= 0.3 is 0 Å². The minimum Gasteiger partial charge on any atom is -0.370 e. The average molecular weight is 276 g/mol. The van der Waals surface area contributed by atoms with E-state index in [-0.39, 0.29) is 0 Å². The van der Waals surface area contributed by atoms with Gasteiger partial charge in [0, 0.05) is 13.1 Å². The Labute approximate surface area is 123 Å². The second kappa shape index (κ2) is 10.3. The zero-order valence-electron chi connectivity index (χ0n) is 12.8. The predicted octanol–water partition coefficient (Wildman–Crippen LogP) is 1.87. The number of nitrogens with two attached hydrogens (primary N) is 1. The van der Waals surface area contributed by atoms with Crippen molar-refractivity contribution in [3.05, 3.63) is 35.9 Å². The molecule has 0 unspecified atom stereocenters. The molecule has 0 aliphatic heterocycles. The topological polar surface area (TPSA) is 53.6 Å². The third kappa shape index (κ3) is 7.14. The lowest BCUT2D eigenvalue weighted by atomic mass is 10.1. The van der Waals surface area contributed by atoms with Crippen LogP contribution in [0.1, 0.15) is 25.8 Å². The van der Waals surface area contributed by atoms with E-state index < -0.39 is 0 Å². The van der Waals surface area contributed by atoms with E-state index in [4.69, 9.17) is 5.73 Å². The highest BCUT2D eigenvalue weighted by Crippen LogP contribution is 1.98. The molecule has 4 heteroatoms. The fourth-order valence-electron chi connectivity index (χ4n) is 2.07. The first kappa shape index (κ1) is 16.5. The number of nitrogens with one attached hydrogen (secondary N) is 1. The van der Waals surface area contributed by atoms with Gasteiger partial charge in [-0.2, -0.15) is 0 Å². The van der Waals surface area contributed by atoms with Crippen LogP contribution in [0.2, 0.25) is 0 Å². The van der Waals surface area contributed by atoms with Gasteiger partial charge in [0.1, 0.15) is 0 Å². The van der Waals surface area contributed by atoms with Crippen LogP contribution in [-0.4, -0.2) is 43.6 Å². The molecule has 0 aliphatic rings. The summed E-state index contributed by atoms with van der Waals surface area (Å²) >= 11 is 0. The summed E-state index contributed by atoms with van der Waals surface area (Å²) in [7, 11) is 0. The van der Waals surface area contributed by atoms with E-state index in [1.807, 2.05) is 6.07 Å². The number of rotatable bonds is 9. The Bertz CT molecular complexity index is 371. The maximum Gasteiger partial charge on any atom is 0.188 e. The van der Waals surface area contributed by atoms with Crippen molar-refractivity contribution in [2.45, 2.75) is 26.7 Å². The highest BCUT2D eigenvalue weighted by atomic mass is 15.1. The Hall–Kier alpha value is -1.55. The fraction of sp³-hybridized carbons (Fsp3) is 0.562. The standard InChI is InChI=1S/C16H28N4/c1-3-20(4-2)14-8-12-18-16(17)19-13-11-15-9-6-5-7-10-15/h5-7,9-10H,3-4,8,11-14H2,1-2H3,(H3,17,18,19). The molecule has 0 radical (unpaired) electrons. The SMILES string of the molecule is CCN(CC)CCCN=C(N)NCCc1ccccc1. The van der Waals surface area contributed by atoms with Crippen molar-refractivity contribution < 1.29 is 0 Å². The summed E-state index contributed by atoms with van der Waals surface area (Å²) in [5.41, 5.74) is 7.16. The molecule has 1 aromatic rings. The van der Waals surface area contributed by atoms with E-state index in [9.17, 15) is 0 Å². The molecule has 0 aromatic heterocycles. The van der Waals surface area contributed by atoms with Crippen LogP contribution < -0.4 is 11.1 Å². The van der Waals surface area contributed by atoms with Crippen LogP contribution in [0.5, 0.6) is 0 Å². The Morgan fingerprint density at radius 3 is 2.55 bits per heavy atom. The van der Waals surface area contributed by atoms with Gasteiger partial charge in [0.2, 0.25) is 0 Å². The molecule has 1 aromatic carbocycles. The van der Waals surface area contributed by atoms with Crippen LogP contribution in [0, 0.1) is 0 Å². The van der Waals surface area contributed by atoms with Crippen LogP contribution in [-0.2, 0) is 6.42 Å². The van der Waals surface area contributed by atoms with E-state index in [1.165, 1.54) is 5.56 Å². The Morgan fingerprint density at radius 1 is 1.20 bits per heavy atom. The van der Waals surface area contributed by atoms with Crippen molar-refractivity contribution in [2.75, 3.05) is 32.7 Å². The van der Waals surface area contributed by atoms with Gasteiger partial charge in [0.25, 0.3) is 0 Å². The van der Waals surface area contributed by atoms with Crippen molar-refractivity contribution in [1.82, 2.24) is 10.2 Å². The quantitative estimate of drug-likeness (QED) is 0.411. The van der Waals surface area contributed by atoms with Crippen LogP contribution in [0.15, 0.2) is 35.3 Å². The maximum atomic E-state index is 5.85. The minimum atomic E-state index is 0.556. The third-order valence-electron chi connectivity index (χ3n) is 3.37. The molecule has 112 valence electrons. The Balaban J connectivity index is 2.12. The van der Waals surface area contributed by atoms with Crippen molar-refractivity contribution in [3.8, 4) is 0 Å². The summed E-state index contributed by atoms with van der Waals surface area (Å²) in [5, 5.41) is 3.16. The fourth-order valence-corrected chi connectivity index (χ4v) is 2.07. The molecule has 0 atom stereocenters. The molecular formula is C16H28N4. The average Bonchev–Trinajstić information content (AvgIpc) is 2.48. The number of aliphatic imine (C=N–C) groups is 1. The molecule has 0 fully saturated rings. The second-order valence-corrected chi connectivity index (χ2v) is 4.81. The zero-order valence-corrected chi connectivity index (χ0v) is 12.8. The predicted molar refractivity (Wildman–Crippen MR) is 87.0 cm³/mol. The Kier molecular flexibility index (Phi) is 8.47. The smallest absolute Gasteiger partial charge is 0.188 e. The first-order chi connectivity index (χ1) is 9.76. The lowest BCUT2D eigenvalue weighted by molar-refractivity contribution is 0.302. The molecule has 0 spiro atoms.